The van der Waals surface area contributed by atoms with Crippen LogP contribution in [0.25, 0.3) is 11.1 Å². The van der Waals surface area contributed by atoms with Gasteiger partial charge in [0.25, 0.3) is 0 Å². The van der Waals surface area contributed by atoms with Gasteiger partial charge in [-0.2, -0.15) is 0 Å². The molecule has 6 aromatic rings. The highest BCUT2D eigenvalue weighted by Gasteiger charge is 2.28. The molecule has 12 nitrogen and oxygen atoms in total. The topological polar surface area (TPSA) is 148 Å². The van der Waals surface area contributed by atoms with Gasteiger partial charge in [0.15, 0.2) is 0 Å². The second-order valence-corrected chi connectivity index (χ2v) is 15.5. The Bertz CT molecular complexity index is 2440. The summed E-state index contributed by atoms with van der Waals surface area (Å²) in [5.74, 6) is -0.288. The van der Waals surface area contributed by atoms with Gasteiger partial charge < -0.3 is 39.1 Å². The van der Waals surface area contributed by atoms with Gasteiger partial charge in [-0.25, -0.2) is 19.2 Å². The van der Waals surface area contributed by atoms with Crippen LogP contribution in [0.3, 0.4) is 0 Å². The van der Waals surface area contributed by atoms with Crippen LogP contribution < -0.4 is 20.1 Å². The average molecular weight is 963 g/mol. The number of carbonyl (C=O) groups is 4. The number of hydrogen-bond donors (Lipinski definition) is 2. The van der Waals surface area contributed by atoms with Crippen molar-refractivity contribution in [2.75, 3.05) is 14.2 Å². The molecule has 13 heteroatoms. The largest absolute Gasteiger partial charge is 0.496 e. The van der Waals surface area contributed by atoms with E-state index in [1.807, 2.05) is 140 Å². The minimum atomic E-state index is -1.13. The zero-order valence-electron chi connectivity index (χ0n) is 34.8. The molecule has 2 atom stereocenters. The van der Waals surface area contributed by atoms with E-state index in [-0.39, 0.29) is 39.3 Å². The Morgan fingerprint density at radius 3 is 1.27 bits per heavy atom. The van der Waals surface area contributed by atoms with E-state index in [2.05, 4.69) is 33.2 Å². The van der Waals surface area contributed by atoms with Gasteiger partial charge in [-0.3, -0.25) is 0 Å². The van der Waals surface area contributed by atoms with Crippen molar-refractivity contribution in [3.05, 3.63) is 189 Å². The van der Waals surface area contributed by atoms with Gasteiger partial charge in [0.2, 0.25) is 0 Å². The van der Waals surface area contributed by atoms with Crippen molar-refractivity contribution in [2.24, 2.45) is 0 Å². The molecule has 63 heavy (non-hydrogen) atoms. The number of nitrogens with one attached hydrogen (secondary N) is 2. The van der Waals surface area contributed by atoms with Crippen LogP contribution in [0.5, 0.6) is 11.5 Å². The predicted octanol–water partition coefficient (Wildman–Crippen LogP) is 9.14. The molecule has 0 aliphatic rings. The van der Waals surface area contributed by atoms with E-state index in [0.29, 0.717) is 37.3 Å². The molecular formula is C50H47IN2O10. The number of halogens is 1. The van der Waals surface area contributed by atoms with E-state index in [1.54, 1.807) is 19.2 Å². The smallest absolute Gasteiger partial charge is 0.408 e. The van der Waals surface area contributed by atoms with Crippen molar-refractivity contribution in [1.29, 1.82) is 0 Å². The molecule has 324 valence electrons. The summed E-state index contributed by atoms with van der Waals surface area (Å²) in [6.45, 7) is 0.0331. The molecule has 0 radical (unpaired) electrons. The number of rotatable bonds is 19. The summed E-state index contributed by atoms with van der Waals surface area (Å²) in [7, 11) is 3.09. The SMILES string of the molecule is COc1ccc(C[C@H](NC(=O)OCc2ccccc2)C(=O)OCc2ccccc2)cc1-c1cc(C[C@H](NC(=O)OCc2ccccc2)C(=O)OCc2ccccc2)cc(I)c1OC. The first-order valence-corrected chi connectivity index (χ1v) is 21.2. The quantitative estimate of drug-likeness (QED) is 0.0458. The lowest BCUT2D eigenvalue weighted by atomic mass is 9.95. The monoisotopic (exact) mass is 962 g/mol. The van der Waals surface area contributed by atoms with Crippen molar-refractivity contribution < 1.29 is 47.6 Å². The lowest BCUT2D eigenvalue weighted by Crippen LogP contribution is -2.43. The van der Waals surface area contributed by atoms with Crippen molar-refractivity contribution in [2.45, 2.75) is 51.4 Å². The maximum atomic E-state index is 13.7. The number of carbonyl (C=O) groups excluding carboxylic acids is 4. The molecule has 0 saturated carbocycles. The predicted molar refractivity (Wildman–Crippen MR) is 245 cm³/mol. The fourth-order valence-corrected chi connectivity index (χ4v) is 7.51. The molecule has 0 aliphatic heterocycles. The Balaban J connectivity index is 1.26. The second-order valence-electron chi connectivity index (χ2n) is 14.3. The van der Waals surface area contributed by atoms with Crippen LogP contribution in [0.1, 0.15) is 33.4 Å². The van der Waals surface area contributed by atoms with E-state index in [4.69, 9.17) is 28.4 Å². The maximum Gasteiger partial charge on any atom is 0.408 e. The van der Waals surface area contributed by atoms with Gasteiger partial charge in [-0.1, -0.05) is 127 Å². The molecule has 0 heterocycles. The summed E-state index contributed by atoms with van der Waals surface area (Å²) < 4.78 is 34.8. The van der Waals surface area contributed by atoms with E-state index in [9.17, 15) is 19.2 Å². The number of amides is 2. The van der Waals surface area contributed by atoms with E-state index < -0.39 is 36.2 Å². The number of methoxy groups -OCH3 is 2. The third-order valence-electron chi connectivity index (χ3n) is 9.77. The molecule has 0 spiro atoms. The van der Waals surface area contributed by atoms with Crippen LogP contribution in [-0.4, -0.2) is 50.4 Å². The summed E-state index contributed by atoms with van der Waals surface area (Å²) in [5, 5.41) is 5.42. The van der Waals surface area contributed by atoms with Crippen LogP contribution >= 0.6 is 22.6 Å². The molecule has 0 saturated heterocycles. The third-order valence-corrected chi connectivity index (χ3v) is 10.6. The minimum Gasteiger partial charge on any atom is -0.496 e. The molecule has 2 N–H and O–H groups in total. The molecule has 0 aromatic heterocycles. The van der Waals surface area contributed by atoms with Gasteiger partial charge in [-0.05, 0) is 80.2 Å². The van der Waals surface area contributed by atoms with Crippen molar-refractivity contribution >= 4 is 46.7 Å². The van der Waals surface area contributed by atoms with Gasteiger partial charge in [-0.15, -0.1) is 0 Å². The first-order chi connectivity index (χ1) is 30.7. The molecule has 6 rings (SSSR count). The lowest BCUT2D eigenvalue weighted by molar-refractivity contribution is -0.148. The zero-order chi connectivity index (χ0) is 44.4. The Kier molecular flexibility index (Phi) is 16.9. The Labute approximate surface area is 380 Å². The molecule has 0 unspecified atom stereocenters. The van der Waals surface area contributed by atoms with Gasteiger partial charge in [0.1, 0.15) is 50.0 Å². The Hall–Kier alpha value is -6.87. The first-order valence-electron chi connectivity index (χ1n) is 20.1. The third kappa shape index (κ3) is 13.8. The van der Waals surface area contributed by atoms with Gasteiger partial charge in [0.05, 0.1) is 17.8 Å². The summed E-state index contributed by atoms with van der Waals surface area (Å²) in [5.41, 5.74) is 5.69. The number of benzene rings is 6. The Morgan fingerprint density at radius 1 is 0.460 bits per heavy atom. The lowest BCUT2D eigenvalue weighted by Gasteiger charge is -2.21. The molecular weight excluding hydrogens is 915 g/mol. The van der Waals surface area contributed by atoms with Crippen LogP contribution in [0, 0.1) is 3.57 Å². The number of ether oxygens (including phenoxy) is 6. The summed E-state index contributed by atoms with van der Waals surface area (Å²) in [6, 6.07) is 43.8. The average Bonchev–Trinajstić information content (AvgIpc) is 3.31. The van der Waals surface area contributed by atoms with Crippen LogP contribution in [0.4, 0.5) is 9.59 Å². The maximum absolute atomic E-state index is 13.7. The summed E-state index contributed by atoms with van der Waals surface area (Å²) >= 11 is 2.16. The fourth-order valence-electron chi connectivity index (χ4n) is 6.60. The number of esters is 2. The van der Waals surface area contributed by atoms with E-state index in [1.165, 1.54) is 7.11 Å². The van der Waals surface area contributed by atoms with E-state index >= 15 is 0 Å². The standard InChI is InChI=1S/C50H47IN2O10/c1-58-45-24-23-38(28-43(47(54)60-30-34-15-7-3-8-16-34)52-49(56)62-32-36-19-11-5-12-20-36)25-40(45)41-26-39(27-42(51)46(41)59-2)29-44(48(55)61-31-35-17-9-4-10-18-35)53-50(57)63-33-37-21-13-6-14-22-37/h3-27,43-44H,28-33H2,1-2H3,(H,52,56)(H,53,57)/t43-,44-/m0/s1. The van der Waals surface area contributed by atoms with Crippen molar-refractivity contribution in [1.82, 2.24) is 10.6 Å². The molecule has 6 aromatic carbocycles. The van der Waals surface area contributed by atoms with Gasteiger partial charge >= 0.3 is 24.1 Å². The number of alkyl carbamates (subject to hydrolysis) is 2. The first kappa shape index (κ1) is 45.7. The zero-order valence-corrected chi connectivity index (χ0v) is 36.9. The second kappa shape index (κ2) is 23.4. The van der Waals surface area contributed by atoms with Crippen LogP contribution in [-0.2, 0) is 67.8 Å². The van der Waals surface area contributed by atoms with E-state index in [0.717, 1.165) is 22.3 Å². The molecule has 0 bridgehead atoms. The minimum absolute atomic E-state index is 0.00665. The summed E-state index contributed by atoms with van der Waals surface area (Å²) in [4.78, 5) is 53.6. The molecule has 2 amide bonds. The molecule has 0 fully saturated rings. The highest BCUT2D eigenvalue weighted by molar-refractivity contribution is 14.1. The van der Waals surface area contributed by atoms with Gasteiger partial charge in [0, 0.05) is 24.0 Å². The Morgan fingerprint density at radius 2 is 0.857 bits per heavy atom. The van der Waals surface area contributed by atoms with Crippen molar-refractivity contribution in [3.63, 3.8) is 0 Å². The summed E-state index contributed by atoms with van der Waals surface area (Å²) in [6.07, 6.45) is -1.50. The number of hydrogen-bond acceptors (Lipinski definition) is 10. The highest BCUT2D eigenvalue weighted by Crippen LogP contribution is 2.41. The van der Waals surface area contributed by atoms with Crippen molar-refractivity contribution in [3.8, 4) is 22.6 Å². The highest BCUT2D eigenvalue weighted by atomic mass is 127. The van der Waals surface area contributed by atoms with Crippen LogP contribution in [0.15, 0.2) is 152 Å². The van der Waals surface area contributed by atoms with Crippen LogP contribution in [0.2, 0.25) is 0 Å². The normalized spacial score (nSPS) is 11.6. The fraction of sp³-hybridized carbons (Fsp3) is 0.200. The molecule has 0 aliphatic carbocycles.